The second kappa shape index (κ2) is 10.6. The zero-order valence-electron chi connectivity index (χ0n) is 16.7. The van der Waals surface area contributed by atoms with Gasteiger partial charge in [-0.15, -0.1) is 5.10 Å². The lowest BCUT2D eigenvalue weighted by Gasteiger charge is -2.07. The van der Waals surface area contributed by atoms with E-state index in [1.165, 1.54) is 30.2 Å². The summed E-state index contributed by atoms with van der Waals surface area (Å²) in [6.07, 6.45) is 3.81. The number of nitrogens with one attached hydrogen (secondary N) is 1. The molecule has 0 saturated carbocycles. The van der Waals surface area contributed by atoms with E-state index in [4.69, 9.17) is 4.74 Å². The number of tetrazole rings is 1. The minimum absolute atomic E-state index is 0.0537. The first-order chi connectivity index (χ1) is 14.2. The minimum atomic E-state index is -0.0537. The van der Waals surface area contributed by atoms with E-state index in [-0.39, 0.29) is 5.91 Å². The van der Waals surface area contributed by atoms with Crippen molar-refractivity contribution in [2.24, 2.45) is 0 Å². The fourth-order valence-electron chi connectivity index (χ4n) is 2.75. The van der Waals surface area contributed by atoms with E-state index in [0.29, 0.717) is 17.3 Å². The Kier molecular flexibility index (Phi) is 7.63. The van der Waals surface area contributed by atoms with Gasteiger partial charge in [-0.1, -0.05) is 37.2 Å². The summed E-state index contributed by atoms with van der Waals surface area (Å²) in [7, 11) is 1.61. The molecule has 8 heteroatoms. The second-order valence-electron chi connectivity index (χ2n) is 6.52. The number of hydrogen-bond donors (Lipinski definition) is 1. The number of rotatable bonds is 10. The number of thioether (sulfide) groups is 1. The summed E-state index contributed by atoms with van der Waals surface area (Å²) >= 11 is 1.46. The van der Waals surface area contributed by atoms with E-state index in [0.717, 1.165) is 23.5 Å². The van der Waals surface area contributed by atoms with Gasteiger partial charge in [-0.05, 0) is 65.2 Å². The molecule has 0 aliphatic rings. The molecule has 0 aliphatic heterocycles. The Balaban J connectivity index is 1.51. The van der Waals surface area contributed by atoms with Gasteiger partial charge in [0.15, 0.2) is 0 Å². The van der Waals surface area contributed by atoms with Crippen LogP contribution < -0.4 is 10.1 Å². The first-order valence-corrected chi connectivity index (χ1v) is 10.6. The van der Waals surface area contributed by atoms with Gasteiger partial charge >= 0.3 is 0 Å². The Morgan fingerprint density at radius 2 is 1.90 bits per heavy atom. The number of carbonyl (C=O) groups excluding carboxylic acids is 1. The van der Waals surface area contributed by atoms with Crippen molar-refractivity contribution >= 4 is 23.4 Å². The normalized spacial score (nSPS) is 10.7. The lowest BCUT2D eigenvalue weighted by atomic mass is 10.1. The van der Waals surface area contributed by atoms with Crippen molar-refractivity contribution in [2.45, 2.75) is 37.8 Å². The van der Waals surface area contributed by atoms with Crippen LogP contribution in [0.1, 0.15) is 31.7 Å². The van der Waals surface area contributed by atoms with E-state index in [1.54, 1.807) is 11.8 Å². The van der Waals surface area contributed by atoms with E-state index in [1.807, 2.05) is 36.4 Å². The number of nitrogens with zero attached hydrogens (tertiary/aromatic N) is 4. The van der Waals surface area contributed by atoms with Crippen LogP contribution in [0.15, 0.2) is 53.7 Å². The van der Waals surface area contributed by atoms with E-state index < -0.39 is 0 Å². The van der Waals surface area contributed by atoms with Crippen molar-refractivity contribution in [3.05, 3.63) is 54.1 Å². The standard InChI is InChI=1S/C21H25N5O2S/c1-3-4-5-16-6-10-18(11-7-16)26-21(23-24-25-26)29-15-14-20(27)22-17-8-12-19(28-2)13-9-17/h6-13H,3-5,14-15H2,1-2H3,(H,22,27). The summed E-state index contributed by atoms with van der Waals surface area (Å²) in [6.45, 7) is 2.19. The van der Waals surface area contributed by atoms with Gasteiger partial charge in [0, 0.05) is 17.9 Å². The summed E-state index contributed by atoms with van der Waals surface area (Å²) in [5.41, 5.74) is 2.97. The lowest BCUT2D eigenvalue weighted by Crippen LogP contribution is -2.12. The molecular weight excluding hydrogens is 386 g/mol. The molecule has 0 bridgehead atoms. The van der Waals surface area contributed by atoms with Crippen LogP contribution in [0.3, 0.4) is 0 Å². The van der Waals surface area contributed by atoms with E-state index in [9.17, 15) is 4.79 Å². The Morgan fingerprint density at radius 1 is 1.14 bits per heavy atom. The molecule has 0 fully saturated rings. The number of aromatic nitrogens is 4. The van der Waals surface area contributed by atoms with Gasteiger partial charge in [-0.25, -0.2) is 0 Å². The zero-order chi connectivity index (χ0) is 20.5. The number of unbranched alkanes of at least 4 members (excludes halogenated alkanes) is 1. The van der Waals surface area contributed by atoms with Crippen LogP contribution in [-0.2, 0) is 11.2 Å². The highest BCUT2D eigenvalue weighted by atomic mass is 32.2. The van der Waals surface area contributed by atoms with Crippen LogP contribution in [-0.4, -0.2) is 39.0 Å². The average molecular weight is 412 g/mol. The predicted molar refractivity (Wildman–Crippen MR) is 115 cm³/mol. The first kappa shape index (κ1) is 20.9. The maximum absolute atomic E-state index is 12.2. The number of carbonyl (C=O) groups is 1. The summed E-state index contributed by atoms with van der Waals surface area (Å²) < 4.78 is 6.82. The fraction of sp³-hybridized carbons (Fsp3) is 0.333. The third-order valence-electron chi connectivity index (χ3n) is 4.37. The van der Waals surface area contributed by atoms with Gasteiger partial charge in [0.2, 0.25) is 11.1 Å². The molecule has 1 heterocycles. The number of ether oxygens (including phenoxy) is 1. The van der Waals surface area contributed by atoms with Crippen LogP contribution in [0.25, 0.3) is 5.69 Å². The molecule has 2 aromatic carbocycles. The van der Waals surface area contributed by atoms with E-state index in [2.05, 4.69) is 39.9 Å². The topological polar surface area (TPSA) is 81.9 Å². The lowest BCUT2D eigenvalue weighted by molar-refractivity contribution is -0.115. The van der Waals surface area contributed by atoms with Crippen molar-refractivity contribution in [1.29, 1.82) is 0 Å². The molecule has 1 N–H and O–H groups in total. The molecule has 7 nitrogen and oxygen atoms in total. The molecule has 29 heavy (non-hydrogen) atoms. The van der Waals surface area contributed by atoms with Gasteiger partial charge in [-0.2, -0.15) is 4.68 Å². The van der Waals surface area contributed by atoms with Crippen molar-refractivity contribution in [2.75, 3.05) is 18.2 Å². The van der Waals surface area contributed by atoms with Crippen LogP contribution in [0.5, 0.6) is 5.75 Å². The van der Waals surface area contributed by atoms with Crippen LogP contribution in [0, 0.1) is 0 Å². The molecule has 0 saturated heterocycles. The maximum Gasteiger partial charge on any atom is 0.225 e. The van der Waals surface area contributed by atoms with Gasteiger partial charge in [0.25, 0.3) is 0 Å². The summed E-state index contributed by atoms with van der Waals surface area (Å²) in [5.74, 6) is 1.28. The number of amides is 1. The monoisotopic (exact) mass is 411 g/mol. The molecule has 3 aromatic rings. The van der Waals surface area contributed by atoms with Gasteiger partial charge in [0.05, 0.1) is 12.8 Å². The molecule has 1 aromatic heterocycles. The largest absolute Gasteiger partial charge is 0.497 e. The third kappa shape index (κ3) is 6.05. The van der Waals surface area contributed by atoms with Crippen LogP contribution in [0.2, 0.25) is 0 Å². The number of hydrogen-bond acceptors (Lipinski definition) is 6. The predicted octanol–water partition coefficient (Wildman–Crippen LogP) is 4.13. The molecule has 1 amide bonds. The van der Waals surface area contributed by atoms with Gasteiger partial charge < -0.3 is 10.1 Å². The Bertz CT molecular complexity index is 910. The second-order valence-corrected chi connectivity index (χ2v) is 7.58. The molecule has 0 spiro atoms. The number of aryl methyl sites for hydroxylation is 1. The number of methoxy groups -OCH3 is 1. The molecule has 3 rings (SSSR count). The zero-order valence-corrected chi connectivity index (χ0v) is 17.5. The fourth-order valence-corrected chi connectivity index (χ4v) is 3.58. The molecule has 0 aliphatic carbocycles. The molecule has 152 valence electrons. The van der Waals surface area contributed by atoms with Gasteiger partial charge in [-0.3, -0.25) is 4.79 Å². The van der Waals surface area contributed by atoms with Crippen LogP contribution >= 0.6 is 11.8 Å². The highest BCUT2D eigenvalue weighted by molar-refractivity contribution is 7.99. The highest BCUT2D eigenvalue weighted by Crippen LogP contribution is 2.20. The number of benzene rings is 2. The Hall–Kier alpha value is -2.87. The average Bonchev–Trinajstić information content (AvgIpc) is 3.21. The van der Waals surface area contributed by atoms with Crippen molar-refractivity contribution in [3.8, 4) is 11.4 Å². The Labute approximate surface area is 174 Å². The molecular formula is C21H25N5O2S. The summed E-state index contributed by atoms with van der Waals surface area (Å²) in [5, 5.41) is 15.5. The highest BCUT2D eigenvalue weighted by Gasteiger charge is 2.10. The smallest absolute Gasteiger partial charge is 0.225 e. The summed E-state index contributed by atoms with van der Waals surface area (Å²) in [4.78, 5) is 12.2. The molecule has 0 unspecified atom stereocenters. The third-order valence-corrected chi connectivity index (χ3v) is 5.30. The first-order valence-electron chi connectivity index (χ1n) is 9.64. The molecule has 0 radical (unpaired) electrons. The van der Waals surface area contributed by atoms with Crippen molar-refractivity contribution in [1.82, 2.24) is 20.2 Å². The van der Waals surface area contributed by atoms with Crippen molar-refractivity contribution in [3.63, 3.8) is 0 Å². The van der Waals surface area contributed by atoms with E-state index >= 15 is 0 Å². The molecule has 0 atom stereocenters. The SMILES string of the molecule is CCCCc1ccc(-n2nnnc2SCCC(=O)Nc2ccc(OC)cc2)cc1. The van der Waals surface area contributed by atoms with Crippen molar-refractivity contribution < 1.29 is 9.53 Å². The number of anilines is 1. The van der Waals surface area contributed by atoms with Gasteiger partial charge in [0.1, 0.15) is 5.75 Å². The Morgan fingerprint density at radius 3 is 2.59 bits per heavy atom. The van der Waals surface area contributed by atoms with Crippen LogP contribution in [0.4, 0.5) is 5.69 Å². The minimum Gasteiger partial charge on any atom is -0.497 e. The quantitative estimate of drug-likeness (QED) is 0.505. The summed E-state index contributed by atoms with van der Waals surface area (Å²) in [6, 6.07) is 15.5. The maximum atomic E-state index is 12.2.